The van der Waals surface area contributed by atoms with E-state index < -0.39 is 18.1 Å². The molecule has 0 aromatic heterocycles. The van der Waals surface area contributed by atoms with Crippen LogP contribution in [0.2, 0.25) is 0 Å². The van der Waals surface area contributed by atoms with Gasteiger partial charge < -0.3 is 20.4 Å². The molecule has 0 unspecified atom stereocenters. The van der Waals surface area contributed by atoms with Crippen LogP contribution in [0.1, 0.15) is 27.0 Å². The Balaban J connectivity index is 0.000000587. The van der Waals surface area contributed by atoms with E-state index in [1.165, 1.54) is 11.6 Å². The molecule has 12 heteroatoms. The van der Waals surface area contributed by atoms with Gasteiger partial charge in [-0.15, -0.1) is 0 Å². The van der Waals surface area contributed by atoms with Gasteiger partial charge in [0.05, 0.1) is 12.1 Å². The summed E-state index contributed by atoms with van der Waals surface area (Å²) in [5, 5.41) is 19.7. The summed E-state index contributed by atoms with van der Waals surface area (Å²) in [5.41, 5.74) is 4.33. The molecule has 3 aromatic carbocycles. The lowest BCUT2D eigenvalue weighted by molar-refractivity contribution is -0.192. The summed E-state index contributed by atoms with van der Waals surface area (Å²) in [7, 11) is 0. The van der Waals surface area contributed by atoms with Crippen LogP contribution in [0.5, 0.6) is 0 Å². The van der Waals surface area contributed by atoms with Crippen molar-refractivity contribution in [3.8, 4) is 0 Å². The lowest BCUT2D eigenvalue weighted by Crippen LogP contribution is -2.50. The van der Waals surface area contributed by atoms with Gasteiger partial charge in [0.1, 0.15) is 5.82 Å². The topological polar surface area (TPSA) is 105 Å². The highest BCUT2D eigenvalue weighted by molar-refractivity contribution is 5.94. The Morgan fingerprint density at radius 1 is 0.902 bits per heavy atom. The number of benzene rings is 3. The number of rotatable bonds is 6. The van der Waals surface area contributed by atoms with Crippen LogP contribution in [0, 0.1) is 12.7 Å². The summed E-state index contributed by atoms with van der Waals surface area (Å²) in [5.74, 6) is -3.16. The van der Waals surface area contributed by atoms with Gasteiger partial charge in [-0.1, -0.05) is 42.0 Å². The minimum absolute atomic E-state index is 0.209. The Morgan fingerprint density at radius 3 is 2.05 bits per heavy atom. The zero-order chi connectivity index (χ0) is 30.0. The average molecular weight is 575 g/mol. The smallest absolute Gasteiger partial charge is 0.478 e. The van der Waals surface area contributed by atoms with Crippen molar-refractivity contribution in [2.24, 2.45) is 4.99 Å². The van der Waals surface area contributed by atoms with Crippen LogP contribution in [0.4, 0.5) is 23.2 Å². The van der Waals surface area contributed by atoms with Crippen LogP contribution >= 0.6 is 0 Å². The van der Waals surface area contributed by atoms with Crippen LogP contribution in [0.15, 0.2) is 77.8 Å². The maximum Gasteiger partial charge on any atom is 0.490 e. The number of aliphatic carboxylic acids is 1. The highest BCUT2D eigenvalue weighted by Gasteiger charge is 2.38. The third-order valence-corrected chi connectivity index (χ3v) is 6.13. The minimum atomic E-state index is -5.08. The molecule has 1 aliphatic rings. The maximum atomic E-state index is 13.5. The van der Waals surface area contributed by atoms with E-state index in [2.05, 4.69) is 46.3 Å². The maximum absolute atomic E-state index is 13.5. The number of carboxylic acid groups (broad SMARTS) is 2. The monoisotopic (exact) mass is 574 g/mol. The molecular formula is C29H30F4N4O4. The summed E-state index contributed by atoms with van der Waals surface area (Å²) < 4.78 is 45.3. The number of aryl methyl sites for hydroxylation is 1. The summed E-state index contributed by atoms with van der Waals surface area (Å²) in [6, 6.07) is 21.7. The van der Waals surface area contributed by atoms with Crippen molar-refractivity contribution < 1.29 is 37.4 Å². The highest BCUT2D eigenvalue weighted by Crippen LogP contribution is 2.15. The van der Waals surface area contributed by atoms with Crippen LogP contribution in [0.25, 0.3) is 0 Å². The van der Waals surface area contributed by atoms with Gasteiger partial charge in [0.2, 0.25) is 0 Å². The number of piperazine rings is 1. The van der Waals surface area contributed by atoms with E-state index in [0.29, 0.717) is 13.1 Å². The van der Waals surface area contributed by atoms with E-state index in [0.717, 1.165) is 49.0 Å². The van der Waals surface area contributed by atoms with Gasteiger partial charge in [-0.3, -0.25) is 4.90 Å². The van der Waals surface area contributed by atoms with Gasteiger partial charge in [-0.2, -0.15) is 13.2 Å². The van der Waals surface area contributed by atoms with Gasteiger partial charge in [-0.05, 0) is 54.4 Å². The van der Waals surface area contributed by atoms with E-state index in [9.17, 15) is 22.4 Å². The number of halogens is 4. The van der Waals surface area contributed by atoms with Crippen molar-refractivity contribution in [1.29, 1.82) is 0 Å². The first-order valence-corrected chi connectivity index (χ1v) is 12.6. The van der Waals surface area contributed by atoms with Gasteiger partial charge in [-0.25, -0.2) is 19.0 Å². The van der Waals surface area contributed by atoms with Crippen LogP contribution in [-0.2, 0) is 17.9 Å². The number of anilines is 1. The predicted molar refractivity (Wildman–Crippen MR) is 146 cm³/mol. The second-order valence-electron chi connectivity index (χ2n) is 9.33. The molecule has 4 rings (SSSR count). The van der Waals surface area contributed by atoms with E-state index in [-0.39, 0.29) is 11.4 Å². The number of hydrogen-bond acceptors (Lipinski definition) is 4. The third-order valence-electron chi connectivity index (χ3n) is 6.13. The Labute approximate surface area is 234 Å². The number of carboxylic acids is 2. The minimum Gasteiger partial charge on any atom is -0.478 e. The molecule has 0 radical (unpaired) electrons. The van der Waals surface area contributed by atoms with Crippen LogP contribution in [0.3, 0.4) is 0 Å². The molecular weight excluding hydrogens is 544 g/mol. The third kappa shape index (κ3) is 10.2. The average Bonchev–Trinajstić information content (AvgIpc) is 2.92. The SMILES string of the molecule is Cc1ccc(CN=C(Nc2ccc(C(=O)O)cc2)N2CCN(Cc3cccc(F)c3)CC2)cc1.O=C(O)C(F)(F)F. The fraction of sp³-hybridized carbons (Fsp3) is 0.276. The molecule has 218 valence electrons. The molecule has 0 aliphatic carbocycles. The van der Waals surface area contributed by atoms with Gasteiger partial charge >= 0.3 is 18.1 Å². The number of guanidine groups is 1. The number of alkyl halides is 3. The molecule has 1 saturated heterocycles. The van der Waals surface area contributed by atoms with E-state index in [4.69, 9.17) is 20.0 Å². The standard InChI is InChI=1S/C27H29FN4O2.C2HF3O2/c1-20-5-7-21(8-6-20)18-29-27(30-25-11-9-23(10-12-25)26(33)34)32-15-13-31(14-16-32)19-22-3-2-4-24(28)17-22;3-2(4,5)1(6)7/h2-12,17H,13-16,18-19H2,1H3,(H,29,30)(H,33,34);(H,6,7). The van der Waals surface area contributed by atoms with Gasteiger partial charge in [0.15, 0.2) is 5.96 Å². The number of aromatic carboxylic acids is 1. The van der Waals surface area contributed by atoms with Gasteiger partial charge in [0.25, 0.3) is 0 Å². The van der Waals surface area contributed by atoms with Crippen molar-refractivity contribution in [2.45, 2.75) is 26.2 Å². The Bertz CT molecular complexity index is 1340. The van der Waals surface area contributed by atoms with Crippen molar-refractivity contribution in [3.05, 3.63) is 101 Å². The Hall–Kier alpha value is -4.45. The first kappa shape index (κ1) is 31.1. The molecule has 41 heavy (non-hydrogen) atoms. The predicted octanol–water partition coefficient (Wildman–Crippen LogP) is 5.25. The molecule has 8 nitrogen and oxygen atoms in total. The molecule has 1 aliphatic heterocycles. The zero-order valence-corrected chi connectivity index (χ0v) is 22.2. The Morgan fingerprint density at radius 2 is 1.51 bits per heavy atom. The number of nitrogens with one attached hydrogen (secondary N) is 1. The summed E-state index contributed by atoms with van der Waals surface area (Å²) in [6.45, 7) is 6.54. The fourth-order valence-electron chi connectivity index (χ4n) is 3.91. The Kier molecular flexibility index (Phi) is 10.8. The molecule has 3 aromatic rings. The van der Waals surface area contributed by atoms with Crippen molar-refractivity contribution in [1.82, 2.24) is 9.80 Å². The lowest BCUT2D eigenvalue weighted by Gasteiger charge is -2.36. The van der Waals surface area contributed by atoms with Crippen LogP contribution in [-0.4, -0.2) is 70.3 Å². The largest absolute Gasteiger partial charge is 0.490 e. The summed E-state index contributed by atoms with van der Waals surface area (Å²) in [6.07, 6.45) is -5.08. The summed E-state index contributed by atoms with van der Waals surface area (Å²) >= 11 is 0. The number of carbonyl (C=O) groups is 2. The second kappa shape index (κ2) is 14.3. The highest BCUT2D eigenvalue weighted by atomic mass is 19.4. The second-order valence-corrected chi connectivity index (χ2v) is 9.33. The normalized spacial score (nSPS) is 14.2. The lowest BCUT2D eigenvalue weighted by atomic mass is 10.1. The van der Waals surface area contributed by atoms with Crippen molar-refractivity contribution in [3.63, 3.8) is 0 Å². The van der Waals surface area contributed by atoms with Crippen molar-refractivity contribution in [2.75, 3.05) is 31.5 Å². The number of nitrogens with zero attached hydrogens (tertiary/aromatic N) is 3. The quantitative estimate of drug-likeness (QED) is 0.210. The van der Waals surface area contributed by atoms with E-state index >= 15 is 0 Å². The molecule has 1 heterocycles. The molecule has 0 amide bonds. The van der Waals surface area contributed by atoms with Crippen molar-refractivity contribution >= 4 is 23.6 Å². The molecule has 0 saturated carbocycles. The summed E-state index contributed by atoms with van der Waals surface area (Å²) in [4.78, 5) is 29.5. The van der Waals surface area contributed by atoms with E-state index in [1.54, 1.807) is 36.4 Å². The number of aliphatic imine (C=N–C) groups is 1. The first-order valence-electron chi connectivity index (χ1n) is 12.6. The number of hydrogen-bond donors (Lipinski definition) is 3. The molecule has 1 fully saturated rings. The van der Waals surface area contributed by atoms with Crippen LogP contribution < -0.4 is 5.32 Å². The van der Waals surface area contributed by atoms with E-state index in [1.807, 2.05) is 6.07 Å². The van der Waals surface area contributed by atoms with Gasteiger partial charge in [0, 0.05) is 38.4 Å². The molecule has 3 N–H and O–H groups in total. The molecule has 0 spiro atoms. The molecule has 0 bridgehead atoms. The first-order chi connectivity index (χ1) is 19.4. The fourth-order valence-corrected chi connectivity index (χ4v) is 3.91. The zero-order valence-electron chi connectivity index (χ0n) is 22.2. The molecule has 0 atom stereocenters.